The molecule has 2 aromatic heterocycles. The first kappa shape index (κ1) is 18.2. The van der Waals surface area contributed by atoms with Gasteiger partial charge in [-0.15, -0.1) is 0 Å². The SMILES string of the molecule is FC(F)(F)c1ccccc1-c1ccc(/C=C2\CCCN=C2c2cccnc2)o1. The van der Waals surface area contributed by atoms with Gasteiger partial charge in [0.1, 0.15) is 11.5 Å². The number of allylic oxidation sites excluding steroid dienone is 1. The van der Waals surface area contributed by atoms with Crippen LogP contribution < -0.4 is 0 Å². The Kier molecular flexibility index (Phi) is 4.86. The number of alkyl halides is 3. The molecule has 0 fully saturated rings. The van der Waals surface area contributed by atoms with Crippen molar-refractivity contribution in [3.8, 4) is 11.3 Å². The quantitative estimate of drug-likeness (QED) is 0.555. The maximum absolute atomic E-state index is 13.3. The second-order valence-electron chi connectivity index (χ2n) is 6.49. The number of hydrogen-bond acceptors (Lipinski definition) is 3. The second-order valence-corrected chi connectivity index (χ2v) is 6.49. The molecule has 1 aromatic carbocycles. The van der Waals surface area contributed by atoms with E-state index in [-0.39, 0.29) is 11.3 Å². The molecule has 1 aliphatic rings. The van der Waals surface area contributed by atoms with Gasteiger partial charge in [0.15, 0.2) is 0 Å². The number of nitrogens with zero attached hydrogens (tertiary/aromatic N) is 2. The van der Waals surface area contributed by atoms with Crippen molar-refractivity contribution in [2.24, 2.45) is 4.99 Å². The first-order valence-electron chi connectivity index (χ1n) is 8.94. The molecule has 0 saturated heterocycles. The Balaban J connectivity index is 1.69. The van der Waals surface area contributed by atoms with Crippen LogP contribution in [0, 0.1) is 0 Å². The second kappa shape index (κ2) is 7.46. The van der Waals surface area contributed by atoms with Gasteiger partial charge in [0.2, 0.25) is 0 Å². The Hall–Kier alpha value is -3.15. The van der Waals surface area contributed by atoms with Gasteiger partial charge < -0.3 is 4.42 Å². The summed E-state index contributed by atoms with van der Waals surface area (Å²) in [5.41, 5.74) is 2.09. The van der Waals surface area contributed by atoms with Gasteiger partial charge in [-0.05, 0) is 54.8 Å². The van der Waals surface area contributed by atoms with Crippen LogP contribution in [-0.2, 0) is 6.18 Å². The Morgan fingerprint density at radius 1 is 1.00 bits per heavy atom. The van der Waals surface area contributed by atoms with Crippen LogP contribution >= 0.6 is 0 Å². The standard InChI is InChI=1S/C22H17F3N2O/c23-22(24,25)19-8-2-1-7-18(19)20-10-9-17(28-20)13-15-5-4-12-27-21(15)16-6-3-11-26-14-16/h1-3,6-11,13-14H,4-5,12H2/b15-13+. The highest BCUT2D eigenvalue weighted by molar-refractivity contribution is 6.15. The predicted molar refractivity (Wildman–Crippen MR) is 102 cm³/mol. The van der Waals surface area contributed by atoms with Gasteiger partial charge in [-0.3, -0.25) is 9.98 Å². The minimum absolute atomic E-state index is 0.0319. The van der Waals surface area contributed by atoms with E-state index in [0.717, 1.165) is 42.3 Å². The van der Waals surface area contributed by atoms with Crippen molar-refractivity contribution in [1.29, 1.82) is 0 Å². The Labute approximate surface area is 160 Å². The smallest absolute Gasteiger partial charge is 0.417 e. The summed E-state index contributed by atoms with van der Waals surface area (Å²) in [6, 6.07) is 12.5. The molecule has 0 amide bonds. The molecule has 0 atom stereocenters. The fourth-order valence-corrected chi connectivity index (χ4v) is 3.29. The molecule has 4 rings (SSSR count). The number of pyridine rings is 1. The van der Waals surface area contributed by atoms with Crippen molar-refractivity contribution < 1.29 is 17.6 Å². The number of rotatable bonds is 3. The largest absolute Gasteiger partial charge is 0.457 e. The van der Waals surface area contributed by atoms with E-state index in [4.69, 9.17) is 4.42 Å². The van der Waals surface area contributed by atoms with Gasteiger partial charge in [0, 0.05) is 30.1 Å². The van der Waals surface area contributed by atoms with Crippen molar-refractivity contribution in [3.63, 3.8) is 0 Å². The van der Waals surface area contributed by atoms with Crippen LogP contribution in [0.25, 0.3) is 17.4 Å². The summed E-state index contributed by atoms with van der Waals surface area (Å²) >= 11 is 0. The molecular formula is C22H17F3N2O. The zero-order valence-corrected chi connectivity index (χ0v) is 14.9. The molecular weight excluding hydrogens is 365 g/mol. The van der Waals surface area contributed by atoms with Crippen LogP contribution in [0.3, 0.4) is 0 Å². The minimum Gasteiger partial charge on any atom is -0.457 e. The third kappa shape index (κ3) is 3.76. The van der Waals surface area contributed by atoms with E-state index in [1.165, 1.54) is 12.1 Å². The lowest BCUT2D eigenvalue weighted by Crippen LogP contribution is -2.11. The summed E-state index contributed by atoms with van der Waals surface area (Å²) in [5, 5.41) is 0. The van der Waals surface area contributed by atoms with Gasteiger partial charge in [-0.25, -0.2) is 0 Å². The van der Waals surface area contributed by atoms with Gasteiger partial charge in [0.05, 0.1) is 11.3 Å². The van der Waals surface area contributed by atoms with E-state index >= 15 is 0 Å². The zero-order valence-electron chi connectivity index (χ0n) is 14.9. The summed E-state index contributed by atoms with van der Waals surface area (Å²) in [7, 11) is 0. The Bertz CT molecular complexity index is 1030. The molecule has 0 N–H and O–H groups in total. The monoisotopic (exact) mass is 382 g/mol. The van der Waals surface area contributed by atoms with E-state index in [0.29, 0.717) is 5.76 Å². The fraction of sp³-hybridized carbons (Fsp3) is 0.182. The molecule has 0 spiro atoms. The Morgan fingerprint density at radius 3 is 2.64 bits per heavy atom. The highest BCUT2D eigenvalue weighted by Gasteiger charge is 2.34. The third-order valence-corrected chi connectivity index (χ3v) is 4.55. The van der Waals surface area contributed by atoms with Crippen LogP contribution in [0.15, 0.2) is 75.9 Å². The van der Waals surface area contributed by atoms with Crippen LogP contribution in [0.5, 0.6) is 0 Å². The molecule has 3 nitrogen and oxygen atoms in total. The molecule has 1 aliphatic heterocycles. The summed E-state index contributed by atoms with van der Waals surface area (Å²) in [5.74, 6) is 0.691. The number of hydrogen-bond donors (Lipinski definition) is 0. The lowest BCUT2D eigenvalue weighted by Gasteiger charge is -2.15. The lowest BCUT2D eigenvalue weighted by atomic mass is 9.96. The average Bonchev–Trinajstić information content (AvgIpc) is 3.17. The Morgan fingerprint density at radius 2 is 1.86 bits per heavy atom. The number of furan rings is 1. The van der Waals surface area contributed by atoms with Crippen LogP contribution in [0.4, 0.5) is 13.2 Å². The highest BCUT2D eigenvalue weighted by Crippen LogP contribution is 2.37. The first-order chi connectivity index (χ1) is 13.5. The summed E-state index contributed by atoms with van der Waals surface area (Å²) in [4.78, 5) is 8.75. The molecule has 0 bridgehead atoms. The number of benzene rings is 1. The minimum atomic E-state index is -4.44. The topological polar surface area (TPSA) is 38.4 Å². The van der Waals surface area contributed by atoms with Crippen molar-refractivity contribution in [3.05, 3.63) is 83.4 Å². The summed E-state index contributed by atoms with van der Waals surface area (Å²) in [6.07, 6.45) is 2.61. The summed E-state index contributed by atoms with van der Waals surface area (Å²) < 4.78 is 45.6. The molecule has 3 aromatic rings. The van der Waals surface area contributed by atoms with Crippen molar-refractivity contribution in [2.75, 3.05) is 6.54 Å². The molecule has 6 heteroatoms. The van der Waals surface area contributed by atoms with Crippen molar-refractivity contribution >= 4 is 11.8 Å². The molecule has 0 saturated carbocycles. The number of aromatic nitrogens is 1. The first-order valence-corrected chi connectivity index (χ1v) is 8.94. The van der Waals surface area contributed by atoms with Gasteiger partial charge in [0.25, 0.3) is 0 Å². The summed E-state index contributed by atoms with van der Waals surface area (Å²) in [6.45, 7) is 0.740. The predicted octanol–water partition coefficient (Wildman–Crippen LogP) is 6.03. The van der Waals surface area contributed by atoms with Crippen LogP contribution in [-0.4, -0.2) is 17.2 Å². The van der Waals surface area contributed by atoms with E-state index in [2.05, 4.69) is 9.98 Å². The zero-order chi connectivity index (χ0) is 19.6. The third-order valence-electron chi connectivity index (χ3n) is 4.55. The fourth-order valence-electron chi connectivity index (χ4n) is 3.29. The van der Waals surface area contributed by atoms with E-state index < -0.39 is 11.7 Å². The number of halogens is 3. The molecule has 0 aliphatic carbocycles. The molecule has 0 unspecified atom stereocenters. The number of aliphatic imine (C=N–C) groups is 1. The molecule has 142 valence electrons. The lowest BCUT2D eigenvalue weighted by molar-refractivity contribution is -0.137. The van der Waals surface area contributed by atoms with Crippen LogP contribution in [0.2, 0.25) is 0 Å². The van der Waals surface area contributed by atoms with E-state index in [9.17, 15) is 13.2 Å². The average molecular weight is 382 g/mol. The van der Waals surface area contributed by atoms with Crippen molar-refractivity contribution in [1.82, 2.24) is 4.98 Å². The molecule has 28 heavy (non-hydrogen) atoms. The van der Waals surface area contributed by atoms with E-state index in [1.54, 1.807) is 30.6 Å². The van der Waals surface area contributed by atoms with E-state index in [1.807, 2.05) is 18.2 Å². The van der Waals surface area contributed by atoms with Gasteiger partial charge >= 0.3 is 6.18 Å². The highest BCUT2D eigenvalue weighted by atomic mass is 19.4. The van der Waals surface area contributed by atoms with Crippen LogP contribution in [0.1, 0.15) is 29.7 Å². The van der Waals surface area contributed by atoms with Gasteiger partial charge in [-0.1, -0.05) is 18.2 Å². The maximum Gasteiger partial charge on any atom is 0.417 e. The van der Waals surface area contributed by atoms with Gasteiger partial charge in [-0.2, -0.15) is 13.2 Å². The molecule has 0 radical (unpaired) electrons. The van der Waals surface area contributed by atoms with Crippen molar-refractivity contribution in [2.45, 2.75) is 19.0 Å². The normalized spacial score (nSPS) is 16.2. The maximum atomic E-state index is 13.3. The molecule has 3 heterocycles.